The van der Waals surface area contributed by atoms with E-state index in [2.05, 4.69) is 15.6 Å². The first-order chi connectivity index (χ1) is 12.9. The third-order valence-electron chi connectivity index (χ3n) is 3.82. The SMILES string of the molecule is Cc1sc(NC(=O)c2ccc(CNC(N)=O)cc2)nc1-c1ccc(F)cc1. The molecule has 0 saturated heterocycles. The van der Waals surface area contributed by atoms with Crippen molar-refractivity contribution in [3.05, 3.63) is 70.4 Å². The van der Waals surface area contributed by atoms with Gasteiger partial charge in [-0.05, 0) is 48.9 Å². The minimum absolute atomic E-state index is 0.288. The van der Waals surface area contributed by atoms with Crippen LogP contribution in [0.2, 0.25) is 0 Å². The number of benzene rings is 2. The van der Waals surface area contributed by atoms with Gasteiger partial charge in [-0.1, -0.05) is 12.1 Å². The third-order valence-corrected chi connectivity index (χ3v) is 4.70. The standard InChI is InChI=1S/C19H17FN4O2S/c1-11-16(13-6-8-15(20)9-7-13)23-19(27-11)24-17(25)14-4-2-12(3-5-14)10-22-18(21)26/h2-9H,10H2,1H3,(H3,21,22,26)(H,23,24,25). The number of carbonyl (C=O) groups is 2. The number of thiazole rings is 1. The van der Waals surface area contributed by atoms with Crippen molar-refractivity contribution >= 4 is 28.4 Å². The van der Waals surface area contributed by atoms with Crippen LogP contribution in [-0.4, -0.2) is 16.9 Å². The van der Waals surface area contributed by atoms with Crippen molar-refractivity contribution in [1.82, 2.24) is 10.3 Å². The Morgan fingerprint density at radius 2 is 1.78 bits per heavy atom. The first kappa shape index (κ1) is 18.5. The molecule has 1 aromatic heterocycles. The molecule has 6 nitrogen and oxygen atoms in total. The van der Waals surface area contributed by atoms with Gasteiger partial charge in [-0.2, -0.15) is 0 Å². The average Bonchev–Trinajstić information content (AvgIpc) is 3.01. The summed E-state index contributed by atoms with van der Waals surface area (Å²) in [6, 6.07) is 12.3. The van der Waals surface area contributed by atoms with Crippen LogP contribution in [0.1, 0.15) is 20.8 Å². The Bertz CT molecular complexity index is 968. The fourth-order valence-corrected chi connectivity index (χ4v) is 3.29. The molecule has 0 unspecified atom stereocenters. The molecule has 8 heteroatoms. The first-order valence-electron chi connectivity index (χ1n) is 8.09. The third kappa shape index (κ3) is 4.68. The Morgan fingerprint density at radius 3 is 2.41 bits per heavy atom. The molecule has 3 amide bonds. The summed E-state index contributed by atoms with van der Waals surface area (Å²) in [6.07, 6.45) is 0. The van der Waals surface area contributed by atoms with Crippen molar-refractivity contribution in [2.75, 3.05) is 5.32 Å². The molecule has 0 atom stereocenters. The second-order valence-electron chi connectivity index (χ2n) is 5.80. The van der Waals surface area contributed by atoms with Gasteiger partial charge in [0.1, 0.15) is 5.82 Å². The van der Waals surface area contributed by atoms with Gasteiger partial charge in [-0.15, -0.1) is 11.3 Å². The van der Waals surface area contributed by atoms with Crippen LogP contribution in [0.3, 0.4) is 0 Å². The topological polar surface area (TPSA) is 97.1 Å². The number of aryl methyl sites for hydroxylation is 1. The maximum atomic E-state index is 13.1. The van der Waals surface area contributed by atoms with Gasteiger partial charge < -0.3 is 11.1 Å². The number of carbonyl (C=O) groups excluding carboxylic acids is 2. The van der Waals surface area contributed by atoms with E-state index >= 15 is 0 Å². The van der Waals surface area contributed by atoms with Crippen LogP contribution >= 0.6 is 11.3 Å². The Labute approximate surface area is 159 Å². The number of aromatic nitrogens is 1. The maximum absolute atomic E-state index is 13.1. The van der Waals surface area contributed by atoms with Crippen LogP contribution in [0.4, 0.5) is 14.3 Å². The summed E-state index contributed by atoms with van der Waals surface area (Å²) in [5.41, 5.74) is 7.82. The molecular weight excluding hydrogens is 367 g/mol. The highest BCUT2D eigenvalue weighted by Crippen LogP contribution is 2.30. The van der Waals surface area contributed by atoms with Crippen molar-refractivity contribution in [1.29, 1.82) is 0 Å². The van der Waals surface area contributed by atoms with Gasteiger partial charge in [0.25, 0.3) is 5.91 Å². The van der Waals surface area contributed by atoms with Crippen LogP contribution in [0.15, 0.2) is 48.5 Å². The molecule has 2 aromatic carbocycles. The van der Waals surface area contributed by atoms with Gasteiger partial charge in [0.2, 0.25) is 0 Å². The van der Waals surface area contributed by atoms with Crippen molar-refractivity contribution in [3.63, 3.8) is 0 Å². The zero-order valence-corrected chi connectivity index (χ0v) is 15.3. The van der Waals surface area contributed by atoms with E-state index in [0.717, 1.165) is 16.0 Å². The predicted octanol–water partition coefficient (Wildman–Crippen LogP) is 3.68. The second-order valence-corrected chi connectivity index (χ2v) is 7.00. The van der Waals surface area contributed by atoms with E-state index in [0.29, 0.717) is 22.9 Å². The number of anilines is 1. The molecule has 0 fully saturated rings. The zero-order chi connectivity index (χ0) is 19.4. The summed E-state index contributed by atoms with van der Waals surface area (Å²) in [5.74, 6) is -0.599. The van der Waals surface area contributed by atoms with E-state index in [1.807, 2.05) is 6.92 Å². The summed E-state index contributed by atoms with van der Waals surface area (Å²) in [4.78, 5) is 28.5. The molecule has 0 aliphatic rings. The van der Waals surface area contributed by atoms with Crippen LogP contribution in [-0.2, 0) is 6.54 Å². The van der Waals surface area contributed by atoms with Gasteiger partial charge in [-0.25, -0.2) is 14.2 Å². The number of hydrogen-bond acceptors (Lipinski definition) is 4. The number of amides is 3. The van der Waals surface area contributed by atoms with E-state index in [-0.39, 0.29) is 11.7 Å². The summed E-state index contributed by atoms with van der Waals surface area (Å²) in [7, 11) is 0. The van der Waals surface area contributed by atoms with Crippen LogP contribution in [0, 0.1) is 12.7 Å². The lowest BCUT2D eigenvalue weighted by atomic mass is 10.1. The van der Waals surface area contributed by atoms with Crippen LogP contribution < -0.4 is 16.4 Å². The Hall–Kier alpha value is -3.26. The number of nitrogens with two attached hydrogens (primary N) is 1. The smallest absolute Gasteiger partial charge is 0.312 e. The first-order valence-corrected chi connectivity index (χ1v) is 8.91. The quantitative estimate of drug-likeness (QED) is 0.626. The molecular formula is C19H17FN4O2S. The Kier molecular flexibility index (Phi) is 5.46. The fourth-order valence-electron chi connectivity index (χ4n) is 2.46. The summed E-state index contributed by atoms with van der Waals surface area (Å²) >= 11 is 1.35. The number of hydrogen-bond donors (Lipinski definition) is 3. The van der Waals surface area contributed by atoms with Gasteiger partial charge in [0.05, 0.1) is 5.69 Å². The maximum Gasteiger partial charge on any atom is 0.312 e. The average molecular weight is 384 g/mol. The van der Waals surface area contributed by atoms with Crippen LogP contribution in [0.5, 0.6) is 0 Å². The number of halogens is 1. The number of nitrogens with one attached hydrogen (secondary N) is 2. The molecule has 0 aliphatic heterocycles. The summed E-state index contributed by atoms with van der Waals surface area (Å²) in [6.45, 7) is 2.19. The van der Waals surface area contributed by atoms with E-state index < -0.39 is 6.03 Å². The molecule has 27 heavy (non-hydrogen) atoms. The van der Waals surface area contributed by atoms with Crippen molar-refractivity contribution in [2.24, 2.45) is 5.73 Å². The Balaban J connectivity index is 1.70. The van der Waals surface area contributed by atoms with E-state index in [1.165, 1.54) is 23.5 Å². The van der Waals surface area contributed by atoms with E-state index in [4.69, 9.17) is 5.73 Å². The number of primary amides is 1. The Morgan fingerprint density at radius 1 is 1.11 bits per heavy atom. The second kappa shape index (κ2) is 7.96. The minimum Gasteiger partial charge on any atom is -0.352 e. The predicted molar refractivity (Wildman–Crippen MR) is 103 cm³/mol. The molecule has 4 N–H and O–H groups in total. The number of urea groups is 1. The van der Waals surface area contributed by atoms with Crippen LogP contribution in [0.25, 0.3) is 11.3 Å². The number of nitrogens with zero attached hydrogens (tertiary/aromatic N) is 1. The van der Waals surface area contributed by atoms with Gasteiger partial charge in [-0.3, -0.25) is 10.1 Å². The number of rotatable bonds is 5. The molecule has 0 saturated carbocycles. The molecule has 3 aromatic rings. The van der Waals surface area contributed by atoms with E-state index in [1.54, 1.807) is 36.4 Å². The summed E-state index contributed by atoms with van der Waals surface area (Å²) < 4.78 is 13.1. The lowest BCUT2D eigenvalue weighted by Gasteiger charge is -2.05. The monoisotopic (exact) mass is 384 g/mol. The van der Waals surface area contributed by atoms with E-state index in [9.17, 15) is 14.0 Å². The lowest BCUT2D eigenvalue weighted by molar-refractivity contribution is 0.102. The molecule has 1 heterocycles. The molecule has 0 bridgehead atoms. The molecule has 0 spiro atoms. The largest absolute Gasteiger partial charge is 0.352 e. The fraction of sp³-hybridized carbons (Fsp3) is 0.105. The lowest BCUT2D eigenvalue weighted by Crippen LogP contribution is -2.28. The minimum atomic E-state index is -0.604. The highest BCUT2D eigenvalue weighted by atomic mass is 32.1. The highest BCUT2D eigenvalue weighted by molar-refractivity contribution is 7.16. The summed E-state index contributed by atoms with van der Waals surface area (Å²) in [5, 5.41) is 5.73. The molecule has 0 radical (unpaired) electrons. The van der Waals surface area contributed by atoms with Gasteiger partial charge in [0, 0.05) is 22.5 Å². The highest BCUT2D eigenvalue weighted by Gasteiger charge is 2.13. The molecule has 3 rings (SSSR count). The zero-order valence-electron chi connectivity index (χ0n) is 14.5. The van der Waals surface area contributed by atoms with Gasteiger partial charge >= 0.3 is 6.03 Å². The van der Waals surface area contributed by atoms with Crippen molar-refractivity contribution in [2.45, 2.75) is 13.5 Å². The van der Waals surface area contributed by atoms with Gasteiger partial charge in [0.15, 0.2) is 5.13 Å². The molecule has 138 valence electrons. The van der Waals surface area contributed by atoms with Crippen molar-refractivity contribution < 1.29 is 14.0 Å². The molecule has 0 aliphatic carbocycles. The van der Waals surface area contributed by atoms with Crippen molar-refractivity contribution in [3.8, 4) is 11.3 Å². The normalized spacial score (nSPS) is 10.4.